The van der Waals surface area contributed by atoms with Gasteiger partial charge in [0.05, 0.1) is 22.4 Å². The standard InChI is InChI=1S/C13H19NO3S/c1-10-4-5-13(12(14)9-10)18(15,16)8-6-11-3-2-7-17-11/h4-5,9,11H,2-3,6-8,14H2,1H3. The molecular formula is C13H19NO3S. The molecule has 0 spiro atoms. The van der Waals surface area contributed by atoms with Crippen molar-refractivity contribution in [2.45, 2.75) is 37.2 Å². The molecule has 1 aromatic rings. The van der Waals surface area contributed by atoms with Gasteiger partial charge in [0.25, 0.3) is 0 Å². The monoisotopic (exact) mass is 269 g/mol. The maximum atomic E-state index is 12.2. The summed E-state index contributed by atoms with van der Waals surface area (Å²) < 4.78 is 29.8. The molecule has 2 N–H and O–H groups in total. The van der Waals surface area contributed by atoms with Gasteiger partial charge in [-0.15, -0.1) is 0 Å². The summed E-state index contributed by atoms with van der Waals surface area (Å²) in [6.07, 6.45) is 2.62. The van der Waals surface area contributed by atoms with Crippen LogP contribution < -0.4 is 5.73 Å². The third-order valence-electron chi connectivity index (χ3n) is 3.23. The van der Waals surface area contributed by atoms with Gasteiger partial charge in [0.2, 0.25) is 0 Å². The average Bonchev–Trinajstić information content (AvgIpc) is 2.78. The fourth-order valence-electron chi connectivity index (χ4n) is 2.22. The van der Waals surface area contributed by atoms with Gasteiger partial charge >= 0.3 is 0 Å². The van der Waals surface area contributed by atoms with Crippen molar-refractivity contribution in [3.8, 4) is 0 Å². The number of aryl methyl sites for hydroxylation is 1. The highest BCUT2D eigenvalue weighted by Crippen LogP contribution is 2.23. The van der Waals surface area contributed by atoms with E-state index in [-0.39, 0.29) is 16.8 Å². The number of benzene rings is 1. The predicted molar refractivity (Wildman–Crippen MR) is 71.2 cm³/mol. The smallest absolute Gasteiger partial charge is 0.180 e. The summed E-state index contributed by atoms with van der Waals surface area (Å²) in [6.45, 7) is 2.64. The predicted octanol–water partition coefficient (Wildman–Crippen LogP) is 1.92. The van der Waals surface area contributed by atoms with Gasteiger partial charge in [0.15, 0.2) is 9.84 Å². The zero-order valence-electron chi connectivity index (χ0n) is 10.6. The molecule has 1 fully saturated rings. The highest BCUT2D eigenvalue weighted by atomic mass is 32.2. The minimum absolute atomic E-state index is 0.0893. The summed E-state index contributed by atoms with van der Waals surface area (Å²) >= 11 is 0. The van der Waals surface area contributed by atoms with Gasteiger partial charge in [-0.2, -0.15) is 0 Å². The van der Waals surface area contributed by atoms with Crippen LogP contribution in [0.5, 0.6) is 0 Å². The second-order valence-corrected chi connectivity index (χ2v) is 6.86. The SMILES string of the molecule is Cc1ccc(S(=O)(=O)CCC2CCCO2)c(N)c1. The Hall–Kier alpha value is -1.07. The molecule has 100 valence electrons. The van der Waals surface area contributed by atoms with Crippen LogP contribution in [0.3, 0.4) is 0 Å². The summed E-state index contributed by atoms with van der Waals surface area (Å²) in [7, 11) is -3.30. The van der Waals surface area contributed by atoms with Crippen molar-refractivity contribution < 1.29 is 13.2 Å². The van der Waals surface area contributed by atoms with Gasteiger partial charge in [0.1, 0.15) is 0 Å². The molecule has 1 aliphatic rings. The number of nitrogens with two attached hydrogens (primary N) is 1. The molecule has 1 aromatic carbocycles. The van der Waals surface area contributed by atoms with Crippen molar-refractivity contribution in [2.24, 2.45) is 0 Å². The minimum atomic E-state index is -3.30. The molecule has 4 nitrogen and oxygen atoms in total. The Morgan fingerprint density at radius 1 is 1.44 bits per heavy atom. The zero-order chi connectivity index (χ0) is 13.2. The van der Waals surface area contributed by atoms with Crippen LogP contribution in [-0.2, 0) is 14.6 Å². The lowest BCUT2D eigenvalue weighted by molar-refractivity contribution is 0.109. The molecule has 5 heteroatoms. The second kappa shape index (κ2) is 5.28. The van der Waals surface area contributed by atoms with E-state index in [1.54, 1.807) is 18.2 Å². The zero-order valence-corrected chi connectivity index (χ0v) is 11.4. The lowest BCUT2D eigenvalue weighted by Crippen LogP contribution is -2.15. The topological polar surface area (TPSA) is 69.4 Å². The fraction of sp³-hybridized carbons (Fsp3) is 0.538. The number of hydrogen-bond donors (Lipinski definition) is 1. The van der Waals surface area contributed by atoms with E-state index >= 15 is 0 Å². The maximum absolute atomic E-state index is 12.2. The van der Waals surface area contributed by atoms with Crippen molar-refractivity contribution >= 4 is 15.5 Å². The van der Waals surface area contributed by atoms with Crippen molar-refractivity contribution in [3.05, 3.63) is 23.8 Å². The van der Waals surface area contributed by atoms with E-state index in [1.165, 1.54) is 0 Å². The van der Waals surface area contributed by atoms with Gasteiger partial charge in [-0.05, 0) is 43.9 Å². The number of nitrogen functional groups attached to an aromatic ring is 1. The van der Waals surface area contributed by atoms with E-state index in [0.717, 1.165) is 25.0 Å². The quantitative estimate of drug-likeness (QED) is 0.848. The van der Waals surface area contributed by atoms with Crippen molar-refractivity contribution in [1.29, 1.82) is 0 Å². The van der Waals surface area contributed by atoms with Crippen molar-refractivity contribution in [1.82, 2.24) is 0 Å². The minimum Gasteiger partial charge on any atom is -0.398 e. The fourth-order valence-corrected chi connectivity index (χ4v) is 3.71. The second-order valence-electron chi connectivity index (χ2n) is 4.78. The molecule has 1 heterocycles. The molecule has 1 unspecified atom stereocenters. The van der Waals surface area contributed by atoms with Crippen LogP contribution in [-0.4, -0.2) is 26.9 Å². The maximum Gasteiger partial charge on any atom is 0.180 e. The molecule has 0 saturated carbocycles. The van der Waals surface area contributed by atoms with Crippen LogP contribution in [0, 0.1) is 6.92 Å². The van der Waals surface area contributed by atoms with Gasteiger partial charge in [0, 0.05) is 6.61 Å². The van der Waals surface area contributed by atoms with E-state index in [9.17, 15) is 8.42 Å². The highest BCUT2D eigenvalue weighted by molar-refractivity contribution is 7.91. The van der Waals surface area contributed by atoms with Gasteiger partial charge in [-0.25, -0.2) is 8.42 Å². The number of rotatable bonds is 4. The number of ether oxygens (including phenoxy) is 1. The van der Waals surface area contributed by atoms with E-state index in [1.807, 2.05) is 6.92 Å². The molecule has 0 radical (unpaired) electrons. The third kappa shape index (κ3) is 3.03. The first-order chi connectivity index (χ1) is 8.49. The summed E-state index contributed by atoms with van der Waals surface area (Å²) in [5.41, 5.74) is 7.08. The summed E-state index contributed by atoms with van der Waals surface area (Å²) in [5, 5.41) is 0. The first kappa shape index (κ1) is 13.4. The molecule has 2 rings (SSSR count). The van der Waals surface area contributed by atoms with Crippen LogP contribution in [0.15, 0.2) is 23.1 Å². The van der Waals surface area contributed by atoms with Crippen LogP contribution in [0.4, 0.5) is 5.69 Å². The Bertz CT molecular complexity index is 519. The van der Waals surface area contributed by atoms with E-state index in [0.29, 0.717) is 12.1 Å². The summed E-state index contributed by atoms with van der Waals surface area (Å²) in [4.78, 5) is 0.242. The lowest BCUT2D eigenvalue weighted by atomic mass is 10.2. The van der Waals surface area contributed by atoms with Crippen LogP contribution in [0.2, 0.25) is 0 Å². The molecule has 18 heavy (non-hydrogen) atoms. The Labute approximate surface area is 108 Å². The molecule has 1 saturated heterocycles. The molecule has 0 aromatic heterocycles. The first-order valence-corrected chi connectivity index (χ1v) is 7.85. The third-order valence-corrected chi connectivity index (χ3v) is 5.05. The molecule has 0 aliphatic carbocycles. The van der Waals surface area contributed by atoms with Gasteiger partial charge in [-0.1, -0.05) is 6.07 Å². The highest BCUT2D eigenvalue weighted by Gasteiger charge is 2.22. The van der Waals surface area contributed by atoms with Crippen LogP contribution >= 0.6 is 0 Å². The normalized spacial score (nSPS) is 20.2. The number of hydrogen-bond acceptors (Lipinski definition) is 4. The summed E-state index contributed by atoms with van der Waals surface area (Å²) in [5.74, 6) is 0.102. The molecule has 0 amide bonds. The first-order valence-electron chi connectivity index (χ1n) is 6.19. The van der Waals surface area contributed by atoms with E-state index in [4.69, 9.17) is 10.5 Å². The van der Waals surface area contributed by atoms with Crippen molar-refractivity contribution in [2.75, 3.05) is 18.1 Å². The van der Waals surface area contributed by atoms with Gasteiger partial charge in [-0.3, -0.25) is 0 Å². The van der Waals surface area contributed by atoms with Gasteiger partial charge < -0.3 is 10.5 Å². The lowest BCUT2D eigenvalue weighted by Gasteiger charge is -2.11. The Kier molecular flexibility index (Phi) is 3.92. The van der Waals surface area contributed by atoms with Crippen molar-refractivity contribution in [3.63, 3.8) is 0 Å². The number of sulfone groups is 1. The summed E-state index contributed by atoms with van der Waals surface area (Å²) in [6, 6.07) is 5.06. The Morgan fingerprint density at radius 2 is 2.22 bits per heavy atom. The Balaban J connectivity index is 2.09. The number of anilines is 1. The van der Waals surface area contributed by atoms with E-state index in [2.05, 4.69) is 0 Å². The molecule has 0 bridgehead atoms. The van der Waals surface area contributed by atoms with Crippen LogP contribution in [0.1, 0.15) is 24.8 Å². The average molecular weight is 269 g/mol. The largest absolute Gasteiger partial charge is 0.398 e. The molecule has 1 aliphatic heterocycles. The Morgan fingerprint density at radius 3 is 2.83 bits per heavy atom. The van der Waals surface area contributed by atoms with E-state index < -0.39 is 9.84 Å². The van der Waals surface area contributed by atoms with Crippen LogP contribution in [0.25, 0.3) is 0 Å². The molecular weight excluding hydrogens is 250 g/mol. The molecule has 1 atom stereocenters.